The van der Waals surface area contributed by atoms with E-state index in [0.717, 1.165) is 18.7 Å². The summed E-state index contributed by atoms with van der Waals surface area (Å²) >= 11 is 0. The van der Waals surface area contributed by atoms with E-state index in [1.165, 1.54) is 12.8 Å². The highest BCUT2D eigenvalue weighted by atomic mass is 16.4. The Labute approximate surface area is 100 Å². The maximum atomic E-state index is 10.9. The zero-order valence-corrected chi connectivity index (χ0v) is 9.71. The van der Waals surface area contributed by atoms with Crippen LogP contribution in [0.25, 0.3) is 0 Å². The molecule has 1 aromatic rings. The summed E-state index contributed by atoms with van der Waals surface area (Å²) in [5, 5.41) is 8.98. The zero-order valence-electron chi connectivity index (χ0n) is 9.71. The summed E-state index contributed by atoms with van der Waals surface area (Å²) in [4.78, 5) is 13.4. The van der Waals surface area contributed by atoms with Gasteiger partial charge in [0.15, 0.2) is 0 Å². The number of carbonyl (C=O) groups is 1. The smallest absolute Gasteiger partial charge is 0.303 e. The van der Waals surface area contributed by atoms with Crippen molar-refractivity contribution in [1.82, 2.24) is 4.90 Å². The molecule has 0 bridgehead atoms. The van der Waals surface area contributed by atoms with Crippen LogP contribution in [0.3, 0.4) is 0 Å². The van der Waals surface area contributed by atoms with Gasteiger partial charge in [0.1, 0.15) is 5.76 Å². The van der Waals surface area contributed by atoms with Crippen LogP contribution >= 0.6 is 0 Å². The van der Waals surface area contributed by atoms with Crippen molar-refractivity contribution in [3.8, 4) is 0 Å². The van der Waals surface area contributed by atoms with Crippen LogP contribution in [0.2, 0.25) is 0 Å². The molecule has 0 radical (unpaired) electrons. The van der Waals surface area contributed by atoms with E-state index in [9.17, 15) is 4.79 Å². The van der Waals surface area contributed by atoms with Gasteiger partial charge >= 0.3 is 5.97 Å². The number of carboxylic acid groups (broad SMARTS) is 1. The fourth-order valence-corrected chi connectivity index (χ4v) is 2.99. The van der Waals surface area contributed by atoms with E-state index in [2.05, 4.69) is 4.90 Å². The molecule has 0 unspecified atom stereocenters. The molecule has 0 amide bonds. The minimum atomic E-state index is -0.704. The quantitative estimate of drug-likeness (QED) is 0.869. The molecule has 2 atom stereocenters. The molecule has 4 heteroatoms. The Bertz CT molecular complexity index is 397. The van der Waals surface area contributed by atoms with E-state index in [0.29, 0.717) is 6.04 Å². The zero-order chi connectivity index (χ0) is 11.8. The Morgan fingerprint density at radius 1 is 1.47 bits per heavy atom. The molecule has 4 nitrogen and oxygen atoms in total. The lowest BCUT2D eigenvalue weighted by atomic mass is 9.95. The lowest BCUT2D eigenvalue weighted by molar-refractivity contribution is -0.138. The van der Waals surface area contributed by atoms with Crippen molar-refractivity contribution >= 4 is 5.97 Å². The standard InChI is InChI=1S/C13H17NO3/c15-12(16)8-9-5-6-14(10-3-4-10)13(9)11-2-1-7-17-11/h1-2,7,9-10,13H,3-6,8H2,(H,15,16)/t9-,13+/m1/s1. The SMILES string of the molecule is O=C(O)C[C@H]1CCN(C2CC2)[C@@H]1c1ccco1. The number of hydrogen-bond donors (Lipinski definition) is 1. The summed E-state index contributed by atoms with van der Waals surface area (Å²) in [5.41, 5.74) is 0. The molecular weight excluding hydrogens is 218 g/mol. The maximum absolute atomic E-state index is 10.9. The minimum absolute atomic E-state index is 0.175. The van der Waals surface area contributed by atoms with Gasteiger partial charge in [-0.2, -0.15) is 0 Å². The van der Waals surface area contributed by atoms with Crippen molar-refractivity contribution < 1.29 is 14.3 Å². The summed E-state index contributed by atoms with van der Waals surface area (Å²) in [6, 6.07) is 4.69. The molecule has 2 heterocycles. The molecule has 2 aliphatic rings. The third-order valence-corrected chi connectivity index (χ3v) is 3.85. The van der Waals surface area contributed by atoms with Gasteiger partial charge in [-0.3, -0.25) is 9.69 Å². The van der Waals surface area contributed by atoms with E-state index in [-0.39, 0.29) is 18.4 Å². The molecule has 3 rings (SSSR count). The molecule has 92 valence electrons. The highest BCUT2D eigenvalue weighted by Crippen LogP contribution is 2.45. The lowest BCUT2D eigenvalue weighted by Crippen LogP contribution is -2.28. The van der Waals surface area contributed by atoms with Gasteiger partial charge in [-0.15, -0.1) is 0 Å². The monoisotopic (exact) mass is 235 g/mol. The largest absolute Gasteiger partial charge is 0.481 e. The van der Waals surface area contributed by atoms with E-state index in [4.69, 9.17) is 9.52 Å². The van der Waals surface area contributed by atoms with Crippen LogP contribution in [-0.4, -0.2) is 28.6 Å². The first-order valence-electron chi connectivity index (χ1n) is 6.26. The summed E-state index contributed by atoms with van der Waals surface area (Å²) in [7, 11) is 0. The lowest BCUT2D eigenvalue weighted by Gasteiger charge is -2.25. The fourth-order valence-electron chi connectivity index (χ4n) is 2.99. The van der Waals surface area contributed by atoms with E-state index < -0.39 is 5.97 Å². The van der Waals surface area contributed by atoms with Crippen molar-refractivity contribution in [3.63, 3.8) is 0 Å². The van der Waals surface area contributed by atoms with Crippen molar-refractivity contribution in [1.29, 1.82) is 0 Å². The van der Waals surface area contributed by atoms with Gasteiger partial charge in [-0.25, -0.2) is 0 Å². The number of carboxylic acids is 1. The second-order valence-electron chi connectivity index (χ2n) is 5.08. The van der Waals surface area contributed by atoms with Gasteiger partial charge in [-0.1, -0.05) is 0 Å². The van der Waals surface area contributed by atoms with Crippen LogP contribution < -0.4 is 0 Å². The third-order valence-electron chi connectivity index (χ3n) is 3.85. The van der Waals surface area contributed by atoms with Gasteiger partial charge in [0, 0.05) is 6.04 Å². The third kappa shape index (κ3) is 2.09. The predicted octanol–water partition coefficient (Wildman–Crippen LogP) is 2.28. The second-order valence-corrected chi connectivity index (χ2v) is 5.08. The number of likely N-dealkylation sites (tertiary alicyclic amines) is 1. The molecule has 1 N–H and O–H groups in total. The topological polar surface area (TPSA) is 53.7 Å². The van der Waals surface area contributed by atoms with Crippen molar-refractivity contribution in [3.05, 3.63) is 24.2 Å². The molecule has 1 saturated heterocycles. The van der Waals surface area contributed by atoms with Gasteiger partial charge < -0.3 is 9.52 Å². The molecule has 1 aromatic heterocycles. The molecule has 17 heavy (non-hydrogen) atoms. The van der Waals surface area contributed by atoms with Crippen LogP contribution in [-0.2, 0) is 4.79 Å². The van der Waals surface area contributed by atoms with E-state index >= 15 is 0 Å². The van der Waals surface area contributed by atoms with Gasteiger partial charge in [-0.05, 0) is 43.9 Å². The molecule has 0 spiro atoms. The van der Waals surface area contributed by atoms with Gasteiger partial charge in [0.2, 0.25) is 0 Å². The Kier molecular flexibility index (Phi) is 2.67. The summed E-state index contributed by atoms with van der Waals surface area (Å²) in [6.07, 6.45) is 5.38. The minimum Gasteiger partial charge on any atom is -0.481 e. The van der Waals surface area contributed by atoms with Crippen LogP contribution in [0.1, 0.15) is 37.5 Å². The molecule has 2 fully saturated rings. The number of hydrogen-bond acceptors (Lipinski definition) is 3. The average molecular weight is 235 g/mol. The number of aliphatic carboxylic acids is 1. The molecular formula is C13H17NO3. The number of rotatable bonds is 4. The fraction of sp³-hybridized carbons (Fsp3) is 0.615. The molecule has 1 aliphatic carbocycles. The van der Waals surface area contributed by atoms with Crippen molar-refractivity contribution in [2.75, 3.05) is 6.54 Å². The van der Waals surface area contributed by atoms with Crippen LogP contribution in [0.4, 0.5) is 0 Å². The summed E-state index contributed by atoms with van der Waals surface area (Å²) < 4.78 is 5.50. The van der Waals surface area contributed by atoms with E-state index in [1.54, 1.807) is 6.26 Å². The highest BCUT2D eigenvalue weighted by molar-refractivity contribution is 5.67. The Balaban J connectivity index is 1.82. The molecule has 1 aliphatic heterocycles. The van der Waals surface area contributed by atoms with Gasteiger partial charge in [0.25, 0.3) is 0 Å². The second kappa shape index (κ2) is 4.18. The Morgan fingerprint density at radius 3 is 2.88 bits per heavy atom. The normalized spacial score (nSPS) is 29.6. The van der Waals surface area contributed by atoms with Crippen LogP contribution in [0, 0.1) is 5.92 Å². The average Bonchev–Trinajstić information content (AvgIpc) is 2.84. The van der Waals surface area contributed by atoms with Crippen molar-refractivity contribution in [2.45, 2.75) is 37.8 Å². The Hall–Kier alpha value is -1.29. The van der Waals surface area contributed by atoms with Crippen LogP contribution in [0.15, 0.2) is 22.8 Å². The van der Waals surface area contributed by atoms with Crippen molar-refractivity contribution in [2.24, 2.45) is 5.92 Å². The first-order valence-corrected chi connectivity index (χ1v) is 6.26. The summed E-state index contributed by atoms with van der Waals surface area (Å²) in [5.74, 6) is 0.420. The maximum Gasteiger partial charge on any atom is 0.303 e. The first-order chi connectivity index (χ1) is 8.25. The molecule has 0 aromatic carbocycles. The van der Waals surface area contributed by atoms with Crippen LogP contribution in [0.5, 0.6) is 0 Å². The number of nitrogens with zero attached hydrogens (tertiary/aromatic N) is 1. The van der Waals surface area contributed by atoms with E-state index in [1.807, 2.05) is 12.1 Å². The molecule has 1 saturated carbocycles. The first kappa shape index (κ1) is 10.8. The Morgan fingerprint density at radius 2 is 2.29 bits per heavy atom. The number of furan rings is 1. The predicted molar refractivity (Wildman–Crippen MR) is 61.5 cm³/mol. The van der Waals surface area contributed by atoms with Gasteiger partial charge in [0.05, 0.1) is 18.7 Å². The highest BCUT2D eigenvalue weighted by Gasteiger charge is 2.44. The summed E-state index contributed by atoms with van der Waals surface area (Å²) in [6.45, 7) is 1.01.